The van der Waals surface area contributed by atoms with Crippen LogP contribution >= 0.6 is 0 Å². The summed E-state index contributed by atoms with van der Waals surface area (Å²) in [6.45, 7) is 1.85. The Balaban J connectivity index is 2.18. The summed E-state index contributed by atoms with van der Waals surface area (Å²) in [6, 6.07) is 7.23. The van der Waals surface area contributed by atoms with E-state index in [1.54, 1.807) is 12.1 Å². The summed E-state index contributed by atoms with van der Waals surface area (Å²) in [6.07, 6.45) is 0.633. The lowest BCUT2D eigenvalue weighted by Gasteiger charge is -2.23. The second-order valence-corrected chi connectivity index (χ2v) is 4.46. The van der Waals surface area contributed by atoms with Crippen LogP contribution in [0, 0.1) is 6.92 Å². The maximum atomic E-state index is 13.7. The van der Waals surface area contributed by atoms with Crippen LogP contribution in [0.3, 0.4) is 0 Å². The van der Waals surface area contributed by atoms with E-state index >= 15 is 0 Å². The Kier molecular flexibility index (Phi) is 2.30. The van der Waals surface area contributed by atoms with E-state index in [1.807, 2.05) is 19.1 Å². The molecule has 2 rings (SSSR count). The van der Waals surface area contributed by atoms with Crippen molar-refractivity contribution in [3.05, 3.63) is 35.4 Å². The van der Waals surface area contributed by atoms with Gasteiger partial charge < -0.3 is 5.73 Å². The van der Waals surface area contributed by atoms with Crippen LogP contribution in [0.5, 0.6) is 0 Å². The SMILES string of the molecule is Cc1ccccc1CC(F)(F)C1(N)CC1. The molecule has 1 aromatic carbocycles. The molecule has 1 fully saturated rings. The van der Waals surface area contributed by atoms with Gasteiger partial charge in [-0.2, -0.15) is 0 Å². The summed E-state index contributed by atoms with van der Waals surface area (Å²) in [5, 5.41) is 0. The summed E-state index contributed by atoms with van der Waals surface area (Å²) in [5.41, 5.74) is 5.93. The Hall–Kier alpha value is -0.960. The van der Waals surface area contributed by atoms with Gasteiger partial charge >= 0.3 is 0 Å². The first-order valence-electron chi connectivity index (χ1n) is 5.16. The molecule has 1 aliphatic carbocycles. The summed E-state index contributed by atoms with van der Waals surface area (Å²) in [5.74, 6) is -2.78. The van der Waals surface area contributed by atoms with Crippen molar-refractivity contribution in [1.82, 2.24) is 0 Å². The molecule has 0 heterocycles. The Bertz CT molecular complexity index is 370. The first-order valence-corrected chi connectivity index (χ1v) is 5.16. The molecule has 1 aliphatic rings. The number of rotatable bonds is 3. The van der Waals surface area contributed by atoms with Gasteiger partial charge in [0, 0.05) is 6.42 Å². The van der Waals surface area contributed by atoms with Gasteiger partial charge in [0.1, 0.15) is 0 Å². The van der Waals surface area contributed by atoms with E-state index in [4.69, 9.17) is 5.73 Å². The van der Waals surface area contributed by atoms with E-state index in [0.29, 0.717) is 18.4 Å². The molecule has 1 nitrogen and oxygen atoms in total. The smallest absolute Gasteiger partial charge is 0.269 e. The normalized spacial score (nSPS) is 18.9. The van der Waals surface area contributed by atoms with Crippen molar-refractivity contribution in [3.63, 3.8) is 0 Å². The monoisotopic (exact) mass is 211 g/mol. The Labute approximate surface area is 88.3 Å². The van der Waals surface area contributed by atoms with Crippen LogP contribution in [0.15, 0.2) is 24.3 Å². The van der Waals surface area contributed by atoms with E-state index in [2.05, 4.69) is 0 Å². The van der Waals surface area contributed by atoms with Crippen LogP contribution in [-0.4, -0.2) is 11.5 Å². The number of benzene rings is 1. The van der Waals surface area contributed by atoms with E-state index in [-0.39, 0.29) is 6.42 Å². The number of hydrogen-bond acceptors (Lipinski definition) is 1. The molecule has 82 valence electrons. The molecular weight excluding hydrogens is 196 g/mol. The third-order valence-corrected chi connectivity index (χ3v) is 3.19. The summed E-state index contributed by atoms with van der Waals surface area (Å²) in [7, 11) is 0. The highest BCUT2D eigenvalue weighted by Gasteiger charge is 2.58. The minimum atomic E-state index is -2.78. The largest absolute Gasteiger partial charge is 0.320 e. The zero-order chi connectivity index (χ0) is 11.1. The molecule has 0 atom stereocenters. The van der Waals surface area contributed by atoms with Gasteiger partial charge in [0.25, 0.3) is 5.92 Å². The first-order chi connectivity index (χ1) is 6.95. The molecule has 1 saturated carbocycles. The standard InChI is InChI=1S/C12H15F2N/c1-9-4-2-3-5-10(9)8-12(13,14)11(15)6-7-11/h2-5H,6-8,15H2,1H3. The first kappa shape index (κ1) is 10.6. The summed E-state index contributed by atoms with van der Waals surface area (Å²) in [4.78, 5) is 0. The molecule has 0 saturated heterocycles. The molecule has 3 heteroatoms. The molecule has 0 spiro atoms. The van der Waals surface area contributed by atoms with Gasteiger partial charge in [0.2, 0.25) is 0 Å². The van der Waals surface area contributed by atoms with Crippen molar-refractivity contribution in [3.8, 4) is 0 Å². The van der Waals surface area contributed by atoms with E-state index in [1.165, 1.54) is 0 Å². The van der Waals surface area contributed by atoms with Crippen molar-refractivity contribution < 1.29 is 8.78 Å². The van der Waals surface area contributed by atoms with Crippen LogP contribution in [0.1, 0.15) is 24.0 Å². The van der Waals surface area contributed by atoms with Crippen LogP contribution < -0.4 is 5.73 Å². The number of nitrogens with two attached hydrogens (primary N) is 1. The molecule has 1 aromatic rings. The third-order valence-electron chi connectivity index (χ3n) is 3.19. The van der Waals surface area contributed by atoms with Crippen molar-refractivity contribution in [2.75, 3.05) is 0 Å². The van der Waals surface area contributed by atoms with E-state index < -0.39 is 11.5 Å². The number of halogens is 2. The molecular formula is C12H15F2N. The fourth-order valence-corrected chi connectivity index (χ4v) is 1.72. The van der Waals surface area contributed by atoms with Crippen LogP contribution in [-0.2, 0) is 6.42 Å². The fourth-order valence-electron chi connectivity index (χ4n) is 1.72. The topological polar surface area (TPSA) is 26.0 Å². The lowest BCUT2D eigenvalue weighted by atomic mass is 9.97. The van der Waals surface area contributed by atoms with Gasteiger partial charge in [0.15, 0.2) is 0 Å². The van der Waals surface area contributed by atoms with Crippen LogP contribution in [0.25, 0.3) is 0 Å². The fraction of sp³-hybridized carbons (Fsp3) is 0.500. The van der Waals surface area contributed by atoms with Crippen molar-refractivity contribution in [2.24, 2.45) is 5.73 Å². The summed E-state index contributed by atoms with van der Waals surface area (Å²) >= 11 is 0. The van der Waals surface area contributed by atoms with Crippen molar-refractivity contribution in [1.29, 1.82) is 0 Å². The predicted octanol–water partition coefficient (Wildman–Crippen LogP) is 2.66. The molecule has 0 bridgehead atoms. The molecule has 15 heavy (non-hydrogen) atoms. The molecule has 2 N–H and O–H groups in total. The zero-order valence-electron chi connectivity index (χ0n) is 8.76. The van der Waals surface area contributed by atoms with E-state index in [9.17, 15) is 8.78 Å². The maximum absolute atomic E-state index is 13.7. The highest BCUT2D eigenvalue weighted by Crippen LogP contribution is 2.47. The maximum Gasteiger partial charge on any atom is 0.269 e. The molecule has 0 unspecified atom stereocenters. The lowest BCUT2D eigenvalue weighted by Crippen LogP contribution is -2.45. The van der Waals surface area contributed by atoms with Gasteiger partial charge in [-0.15, -0.1) is 0 Å². The van der Waals surface area contributed by atoms with Crippen molar-refractivity contribution >= 4 is 0 Å². The zero-order valence-corrected chi connectivity index (χ0v) is 8.76. The van der Waals surface area contributed by atoms with Crippen molar-refractivity contribution in [2.45, 2.75) is 37.6 Å². The van der Waals surface area contributed by atoms with Crippen LogP contribution in [0.2, 0.25) is 0 Å². The quantitative estimate of drug-likeness (QED) is 0.817. The molecule has 0 amide bonds. The Morgan fingerprint density at radius 3 is 2.47 bits per heavy atom. The lowest BCUT2D eigenvalue weighted by molar-refractivity contribution is -0.0351. The number of alkyl halides is 2. The Morgan fingerprint density at radius 1 is 1.33 bits per heavy atom. The average Bonchev–Trinajstić information content (AvgIpc) is 2.89. The Morgan fingerprint density at radius 2 is 1.93 bits per heavy atom. The molecule has 0 aliphatic heterocycles. The number of aryl methyl sites for hydroxylation is 1. The van der Waals surface area contributed by atoms with Gasteiger partial charge in [-0.3, -0.25) is 0 Å². The second kappa shape index (κ2) is 3.27. The highest BCUT2D eigenvalue weighted by atomic mass is 19.3. The van der Waals surface area contributed by atoms with Gasteiger partial charge in [0.05, 0.1) is 5.54 Å². The molecule has 0 aromatic heterocycles. The second-order valence-electron chi connectivity index (χ2n) is 4.46. The third kappa shape index (κ3) is 1.88. The van der Waals surface area contributed by atoms with Gasteiger partial charge in [-0.1, -0.05) is 24.3 Å². The average molecular weight is 211 g/mol. The minimum Gasteiger partial charge on any atom is -0.320 e. The van der Waals surface area contributed by atoms with Gasteiger partial charge in [-0.25, -0.2) is 8.78 Å². The predicted molar refractivity (Wildman–Crippen MR) is 56.0 cm³/mol. The van der Waals surface area contributed by atoms with Gasteiger partial charge in [-0.05, 0) is 30.9 Å². The number of hydrogen-bond donors (Lipinski definition) is 1. The van der Waals surface area contributed by atoms with Crippen LogP contribution in [0.4, 0.5) is 8.78 Å². The molecule has 0 radical (unpaired) electrons. The minimum absolute atomic E-state index is 0.240. The summed E-state index contributed by atoms with van der Waals surface area (Å²) < 4.78 is 27.5. The highest BCUT2D eigenvalue weighted by molar-refractivity contribution is 5.28. The van der Waals surface area contributed by atoms with E-state index in [0.717, 1.165) is 5.56 Å².